The molecule has 1 aromatic heterocycles. The average Bonchev–Trinajstić information content (AvgIpc) is 3.17. The van der Waals surface area contributed by atoms with E-state index in [9.17, 15) is 4.79 Å². The summed E-state index contributed by atoms with van der Waals surface area (Å²) in [6.07, 6.45) is 2.07. The van der Waals surface area contributed by atoms with Crippen LogP contribution >= 0.6 is 11.6 Å². The number of amides is 1. The van der Waals surface area contributed by atoms with Gasteiger partial charge in [0.15, 0.2) is 0 Å². The first-order valence-corrected chi connectivity index (χ1v) is 12.0. The van der Waals surface area contributed by atoms with E-state index in [0.717, 1.165) is 35.4 Å². The zero-order valence-electron chi connectivity index (χ0n) is 19.2. The molecule has 4 aromatic rings. The molecular formula is C28H30ClN3O. The molecule has 0 aliphatic heterocycles. The Bertz CT molecular complexity index is 1230. The minimum absolute atomic E-state index is 0.0357. The molecule has 0 radical (unpaired) electrons. The molecule has 0 aliphatic carbocycles. The van der Waals surface area contributed by atoms with E-state index < -0.39 is 0 Å². The van der Waals surface area contributed by atoms with Gasteiger partial charge in [-0.1, -0.05) is 80.0 Å². The fourth-order valence-corrected chi connectivity index (χ4v) is 4.26. The molecule has 1 atom stereocenters. The maximum atomic E-state index is 12.4. The van der Waals surface area contributed by atoms with Crippen molar-refractivity contribution in [1.29, 1.82) is 0 Å². The van der Waals surface area contributed by atoms with Gasteiger partial charge in [-0.3, -0.25) is 4.79 Å². The molecule has 3 aromatic carbocycles. The van der Waals surface area contributed by atoms with Crippen LogP contribution in [0.2, 0.25) is 5.02 Å². The third kappa shape index (κ3) is 5.63. The van der Waals surface area contributed by atoms with Crippen molar-refractivity contribution in [2.75, 3.05) is 6.54 Å². The molecule has 4 nitrogen and oxygen atoms in total. The van der Waals surface area contributed by atoms with Crippen LogP contribution in [0.1, 0.15) is 48.7 Å². The lowest BCUT2D eigenvalue weighted by molar-refractivity contribution is -0.120. The number of hydrogen-bond acceptors (Lipinski definition) is 2. The first kappa shape index (κ1) is 23.1. The number of halogens is 1. The highest BCUT2D eigenvalue weighted by molar-refractivity contribution is 6.31. The Morgan fingerprint density at radius 2 is 1.76 bits per heavy atom. The van der Waals surface area contributed by atoms with Crippen LogP contribution in [0.5, 0.6) is 0 Å². The molecule has 0 saturated carbocycles. The molecule has 0 bridgehead atoms. The molecule has 0 spiro atoms. The van der Waals surface area contributed by atoms with Crippen molar-refractivity contribution >= 4 is 28.5 Å². The lowest BCUT2D eigenvalue weighted by Crippen LogP contribution is -2.28. The van der Waals surface area contributed by atoms with Crippen molar-refractivity contribution in [2.45, 2.75) is 45.6 Å². The first-order valence-electron chi connectivity index (χ1n) is 11.6. The summed E-state index contributed by atoms with van der Waals surface area (Å²) in [6.45, 7) is 5.76. The molecule has 1 unspecified atom stereocenters. The maximum absolute atomic E-state index is 12.4. The van der Waals surface area contributed by atoms with Crippen molar-refractivity contribution in [3.05, 3.63) is 100 Å². The summed E-state index contributed by atoms with van der Waals surface area (Å²) in [7, 11) is 0. The zero-order chi connectivity index (χ0) is 23.2. The third-order valence-corrected chi connectivity index (χ3v) is 6.58. The van der Waals surface area contributed by atoms with Crippen molar-refractivity contribution in [3.8, 4) is 0 Å². The largest absolute Gasteiger partial charge is 0.355 e. The van der Waals surface area contributed by atoms with Crippen LogP contribution < -0.4 is 5.32 Å². The van der Waals surface area contributed by atoms with E-state index in [2.05, 4.69) is 54.1 Å². The second-order valence-corrected chi connectivity index (χ2v) is 8.93. The number of aromatic nitrogens is 2. The van der Waals surface area contributed by atoms with E-state index in [4.69, 9.17) is 16.6 Å². The highest BCUT2D eigenvalue weighted by Crippen LogP contribution is 2.22. The second kappa shape index (κ2) is 10.7. The Morgan fingerprint density at radius 3 is 2.52 bits per heavy atom. The van der Waals surface area contributed by atoms with E-state index >= 15 is 0 Å². The van der Waals surface area contributed by atoms with Gasteiger partial charge in [-0.2, -0.15) is 0 Å². The lowest BCUT2D eigenvalue weighted by Gasteiger charge is -2.13. The predicted octanol–water partition coefficient (Wildman–Crippen LogP) is 6.15. The second-order valence-electron chi connectivity index (χ2n) is 8.52. The molecule has 1 heterocycles. The minimum atomic E-state index is -0.0357. The summed E-state index contributed by atoms with van der Waals surface area (Å²) in [4.78, 5) is 17.3. The molecule has 0 fully saturated rings. The Balaban J connectivity index is 1.46. The molecule has 0 aliphatic rings. The van der Waals surface area contributed by atoms with Gasteiger partial charge >= 0.3 is 0 Å². The number of benzene rings is 3. The Morgan fingerprint density at radius 1 is 1.03 bits per heavy atom. The van der Waals surface area contributed by atoms with Gasteiger partial charge in [0.2, 0.25) is 5.91 Å². The van der Waals surface area contributed by atoms with Crippen LogP contribution in [0.25, 0.3) is 11.0 Å². The quantitative estimate of drug-likeness (QED) is 0.326. The number of imidazole rings is 1. The first-order chi connectivity index (χ1) is 16.0. The third-order valence-electron chi connectivity index (χ3n) is 6.22. The van der Waals surface area contributed by atoms with Gasteiger partial charge < -0.3 is 9.88 Å². The summed E-state index contributed by atoms with van der Waals surface area (Å²) in [5.74, 6) is 1.50. The minimum Gasteiger partial charge on any atom is -0.355 e. The molecule has 5 heteroatoms. The summed E-state index contributed by atoms with van der Waals surface area (Å²) < 4.78 is 2.26. The Labute approximate surface area is 200 Å². The monoisotopic (exact) mass is 459 g/mol. The molecule has 33 heavy (non-hydrogen) atoms. The van der Waals surface area contributed by atoms with Gasteiger partial charge in [-0.15, -0.1) is 0 Å². The molecule has 4 rings (SSSR count). The number of nitrogens with one attached hydrogen (secondary N) is 1. The van der Waals surface area contributed by atoms with E-state index in [-0.39, 0.29) is 12.3 Å². The van der Waals surface area contributed by atoms with Gasteiger partial charge in [0.05, 0.1) is 17.5 Å². The number of carbonyl (C=O) groups excluding carboxylic acids is 1. The van der Waals surface area contributed by atoms with E-state index in [0.29, 0.717) is 23.9 Å². The number of hydrogen-bond donors (Lipinski definition) is 1. The van der Waals surface area contributed by atoms with Crippen LogP contribution in [-0.2, 0) is 24.2 Å². The number of rotatable bonds is 9. The molecule has 170 valence electrons. The Hall–Kier alpha value is -3.11. The van der Waals surface area contributed by atoms with E-state index in [1.807, 2.05) is 42.5 Å². The SMILES string of the molecule is CCC(C)c1ccc(Cn2c(CCNC(=O)Cc3ccccc3Cl)nc3ccccc32)cc1. The van der Waals surface area contributed by atoms with Gasteiger partial charge in [0, 0.05) is 24.5 Å². The molecule has 1 N–H and O–H groups in total. The van der Waals surface area contributed by atoms with Crippen molar-refractivity contribution < 1.29 is 4.79 Å². The van der Waals surface area contributed by atoms with Gasteiger partial charge in [-0.25, -0.2) is 4.98 Å². The highest BCUT2D eigenvalue weighted by Gasteiger charge is 2.13. The van der Waals surface area contributed by atoms with E-state index in [1.165, 1.54) is 11.1 Å². The highest BCUT2D eigenvalue weighted by atomic mass is 35.5. The molecular weight excluding hydrogens is 430 g/mol. The summed E-state index contributed by atoms with van der Waals surface area (Å²) in [5, 5.41) is 3.64. The number of carbonyl (C=O) groups is 1. The fourth-order valence-electron chi connectivity index (χ4n) is 4.05. The number of para-hydroxylation sites is 2. The normalized spacial score (nSPS) is 12.1. The van der Waals surface area contributed by atoms with Crippen LogP contribution in [0.3, 0.4) is 0 Å². The zero-order valence-corrected chi connectivity index (χ0v) is 20.0. The lowest BCUT2D eigenvalue weighted by atomic mass is 9.98. The standard InChI is InChI=1S/C28H30ClN3O/c1-3-20(2)22-14-12-21(13-15-22)19-32-26-11-7-6-10-25(26)31-27(32)16-17-30-28(33)18-23-8-4-5-9-24(23)29/h4-15,20H,3,16-19H2,1-2H3,(H,30,33). The Kier molecular flexibility index (Phi) is 7.46. The number of fused-ring (bicyclic) bond motifs is 1. The smallest absolute Gasteiger partial charge is 0.224 e. The summed E-state index contributed by atoms with van der Waals surface area (Å²) in [5.41, 5.74) is 5.55. The average molecular weight is 460 g/mol. The van der Waals surface area contributed by atoms with Crippen LogP contribution in [0, 0.1) is 0 Å². The van der Waals surface area contributed by atoms with Gasteiger partial charge in [0.1, 0.15) is 5.82 Å². The van der Waals surface area contributed by atoms with Gasteiger partial charge in [-0.05, 0) is 47.2 Å². The number of nitrogens with zero attached hydrogens (tertiary/aromatic N) is 2. The predicted molar refractivity (Wildman–Crippen MR) is 136 cm³/mol. The van der Waals surface area contributed by atoms with Crippen molar-refractivity contribution in [1.82, 2.24) is 14.9 Å². The van der Waals surface area contributed by atoms with Crippen LogP contribution in [0.15, 0.2) is 72.8 Å². The van der Waals surface area contributed by atoms with Crippen LogP contribution in [0.4, 0.5) is 0 Å². The maximum Gasteiger partial charge on any atom is 0.224 e. The van der Waals surface area contributed by atoms with Crippen molar-refractivity contribution in [3.63, 3.8) is 0 Å². The fraction of sp³-hybridized carbons (Fsp3) is 0.286. The van der Waals surface area contributed by atoms with Crippen LogP contribution in [-0.4, -0.2) is 22.0 Å². The topological polar surface area (TPSA) is 46.9 Å². The van der Waals surface area contributed by atoms with E-state index in [1.54, 1.807) is 0 Å². The molecule has 1 amide bonds. The summed E-state index contributed by atoms with van der Waals surface area (Å²) in [6, 6.07) is 24.5. The van der Waals surface area contributed by atoms with Crippen molar-refractivity contribution in [2.24, 2.45) is 0 Å². The summed E-state index contributed by atoms with van der Waals surface area (Å²) >= 11 is 6.18. The molecule has 0 saturated heterocycles. The van der Waals surface area contributed by atoms with Gasteiger partial charge in [0.25, 0.3) is 0 Å².